The third kappa shape index (κ3) is 3.83. The minimum absolute atomic E-state index is 0.0937. The van der Waals surface area contributed by atoms with Gasteiger partial charge in [0.25, 0.3) is 10.0 Å². The predicted molar refractivity (Wildman–Crippen MR) is 101 cm³/mol. The first-order chi connectivity index (χ1) is 11.8. The molecule has 1 aromatic heterocycles. The fraction of sp³-hybridized carbons (Fsp3) is 0.353. The van der Waals surface area contributed by atoms with E-state index in [9.17, 15) is 13.2 Å². The van der Waals surface area contributed by atoms with E-state index in [4.69, 9.17) is 11.6 Å². The van der Waals surface area contributed by atoms with E-state index in [2.05, 4.69) is 4.72 Å². The Balaban J connectivity index is 1.85. The van der Waals surface area contributed by atoms with Crippen LogP contribution in [0.15, 0.2) is 28.5 Å². The van der Waals surface area contributed by atoms with Crippen molar-refractivity contribution in [2.45, 2.75) is 37.4 Å². The Labute approximate surface area is 156 Å². The van der Waals surface area contributed by atoms with Crippen LogP contribution in [-0.4, -0.2) is 25.8 Å². The van der Waals surface area contributed by atoms with Crippen molar-refractivity contribution in [3.8, 4) is 0 Å². The maximum Gasteiger partial charge on any atom is 0.271 e. The normalized spacial score (nSPS) is 14.3. The molecular formula is C17H19ClN2O3S2. The van der Waals surface area contributed by atoms with Gasteiger partial charge in [-0.2, -0.15) is 0 Å². The van der Waals surface area contributed by atoms with Gasteiger partial charge in [-0.25, -0.2) is 8.42 Å². The van der Waals surface area contributed by atoms with Crippen LogP contribution in [0.4, 0.5) is 5.69 Å². The van der Waals surface area contributed by atoms with E-state index in [-0.39, 0.29) is 10.1 Å². The molecule has 0 aliphatic carbocycles. The summed E-state index contributed by atoms with van der Waals surface area (Å²) in [5.41, 5.74) is 2.20. The molecule has 5 nitrogen and oxygen atoms in total. The van der Waals surface area contributed by atoms with Crippen LogP contribution in [-0.2, 0) is 27.8 Å². The van der Waals surface area contributed by atoms with Crippen LogP contribution < -0.4 is 4.72 Å². The van der Waals surface area contributed by atoms with Crippen molar-refractivity contribution in [3.05, 3.63) is 45.3 Å². The summed E-state index contributed by atoms with van der Waals surface area (Å²) in [5.74, 6) is 0.0937. The number of amides is 1. The zero-order chi connectivity index (χ0) is 18.2. The molecule has 0 radical (unpaired) electrons. The van der Waals surface area contributed by atoms with Crippen molar-refractivity contribution in [1.29, 1.82) is 0 Å². The van der Waals surface area contributed by atoms with Crippen molar-refractivity contribution in [1.82, 2.24) is 4.90 Å². The standard InChI is InChI=1S/C17H19ClN2O3S2/c1-3-16(21)20-7-6-15-12(10-20)9-17(24-15)25(22,23)19-14-5-4-13(18)8-11(14)2/h4-5,8-9,19H,3,6-7,10H2,1-2H3. The van der Waals surface area contributed by atoms with E-state index in [1.165, 1.54) is 11.3 Å². The molecule has 0 unspecified atom stereocenters. The van der Waals surface area contributed by atoms with Crippen LogP contribution in [0.1, 0.15) is 29.3 Å². The van der Waals surface area contributed by atoms with Gasteiger partial charge in [-0.15, -0.1) is 11.3 Å². The second-order valence-electron chi connectivity index (χ2n) is 6.00. The lowest BCUT2D eigenvalue weighted by Gasteiger charge is -2.26. The summed E-state index contributed by atoms with van der Waals surface area (Å²) < 4.78 is 28.3. The number of carbonyl (C=O) groups is 1. The van der Waals surface area contributed by atoms with Crippen LogP contribution in [0.25, 0.3) is 0 Å². The van der Waals surface area contributed by atoms with E-state index in [0.29, 0.717) is 36.6 Å². The van der Waals surface area contributed by atoms with Crippen LogP contribution in [0, 0.1) is 6.92 Å². The second kappa shape index (κ2) is 6.97. The number of anilines is 1. The summed E-state index contributed by atoms with van der Waals surface area (Å²) in [4.78, 5) is 14.7. The van der Waals surface area contributed by atoms with Crippen molar-refractivity contribution in [2.75, 3.05) is 11.3 Å². The number of fused-ring (bicyclic) bond motifs is 1. The van der Waals surface area contributed by atoms with Crippen LogP contribution in [0.2, 0.25) is 5.02 Å². The lowest BCUT2D eigenvalue weighted by molar-refractivity contribution is -0.131. The molecule has 0 spiro atoms. The summed E-state index contributed by atoms with van der Waals surface area (Å²) in [6.45, 7) is 4.76. The van der Waals surface area contributed by atoms with Crippen LogP contribution in [0.3, 0.4) is 0 Å². The molecule has 1 N–H and O–H groups in total. The summed E-state index contributed by atoms with van der Waals surface area (Å²) in [6, 6.07) is 6.71. The van der Waals surface area contributed by atoms with E-state index in [1.54, 1.807) is 36.1 Å². The molecule has 0 bridgehead atoms. The Morgan fingerprint density at radius 2 is 2.12 bits per heavy atom. The molecule has 0 saturated heterocycles. The average molecular weight is 399 g/mol. The Hall–Kier alpha value is -1.57. The second-order valence-corrected chi connectivity index (χ2v) is 9.48. The Morgan fingerprint density at radius 1 is 1.36 bits per heavy atom. The van der Waals surface area contributed by atoms with E-state index in [0.717, 1.165) is 16.0 Å². The number of nitrogens with one attached hydrogen (secondary N) is 1. The highest BCUT2D eigenvalue weighted by Gasteiger charge is 2.26. The van der Waals surface area contributed by atoms with Crippen molar-refractivity contribution < 1.29 is 13.2 Å². The van der Waals surface area contributed by atoms with E-state index < -0.39 is 10.0 Å². The number of hydrogen-bond acceptors (Lipinski definition) is 4. The number of sulfonamides is 1. The molecule has 0 atom stereocenters. The summed E-state index contributed by atoms with van der Waals surface area (Å²) in [6.07, 6.45) is 1.16. The predicted octanol–water partition coefficient (Wildman–Crippen LogP) is 3.81. The van der Waals surface area contributed by atoms with Gasteiger partial charge >= 0.3 is 0 Å². The maximum absolute atomic E-state index is 12.7. The van der Waals surface area contributed by atoms with Gasteiger partial charge in [-0.1, -0.05) is 18.5 Å². The van der Waals surface area contributed by atoms with Gasteiger partial charge in [0.05, 0.1) is 5.69 Å². The lowest BCUT2D eigenvalue weighted by Crippen LogP contribution is -2.34. The summed E-state index contributed by atoms with van der Waals surface area (Å²) in [5, 5.41) is 0.563. The molecule has 134 valence electrons. The van der Waals surface area contributed by atoms with Gasteiger partial charge in [-0.05, 0) is 48.7 Å². The van der Waals surface area contributed by atoms with Gasteiger partial charge in [-0.3, -0.25) is 9.52 Å². The molecule has 1 aromatic carbocycles. The van der Waals surface area contributed by atoms with Crippen molar-refractivity contribution >= 4 is 44.6 Å². The van der Waals surface area contributed by atoms with Gasteiger partial charge < -0.3 is 4.90 Å². The molecule has 2 heterocycles. The third-order valence-electron chi connectivity index (χ3n) is 4.20. The Kier molecular flexibility index (Phi) is 5.09. The number of rotatable bonds is 4. The number of thiophene rings is 1. The molecule has 3 rings (SSSR count). The molecule has 2 aromatic rings. The van der Waals surface area contributed by atoms with Gasteiger partial charge in [0, 0.05) is 29.4 Å². The number of hydrogen-bond donors (Lipinski definition) is 1. The zero-order valence-electron chi connectivity index (χ0n) is 14.0. The molecule has 1 aliphatic rings. The SMILES string of the molecule is CCC(=O)N1CCc2sc(S(=O)(=O)Nc3ccc(Cl)cc3C)cc2C1. The highest BCUT2D eigenvalue weighted by atomic mass is 35.5. The van der Waals surface area contributed by atoms with E-state index in [1.807, 2.05) is 6.92 Å². The Morgan fingerprint density at radius 3 is 2.80 bits per heavy atom. The minimum Gasteiger partial charge on any atom is -0.338 e. The smallest absolute Gasteiger partial charge is 0.271 e. The topological polar surface area (TPSA) is 66.5 Å². The fourth-order valence-electron chi connectivity index (χ4n) is 2.81. The molecule has 1 aliphatic heterocycles. The first-order valence-corrected chi connectivity index (χ1v) is 10.7. The molecule has 0 saturated carbocycles. The minimum atomic E-state index is -3.66. The van der Waals surface area contributed by atoms with Gasteiger partial charge in [0.15, 0.2) is 0 Å². The van der Waals surface area contributed by atoms with Crippen molar-refractivity contribution in [3.63, 3.8) is 0 Å². The lowest BCUT2D eigenvalue weighted by atomic mass is 10.1. The first-order valence-electron chi connectivity index (χ1n) is 7.98. The molecule has 8 heteroatoms. The van der Waals surface area contributed by atoms with Crippen molar-refractivity contribution in [2.24, 2.45) is 0 Å². The first kappa shape index (κ1) is 18.2. The summed E-state index contributed by atoms with van der Waals surface area (Å²) >= 11 is 7.20. The van der Waals surface area contributed by atoms with Gasteiger partial charge in [0.1, 0.15) is 4.21 Å². The highest BCUT2D eigenvalue weighted by molar-refractivity contribution is 7.94. The number of benzene rings is 1. The number of carbonyl (C=O) groups excluding carboxylic acids is 1. The quantitative estimate of drug-likeness (QED) is 0.851. The van der Waals surface area contributed by atoms with Crippen LogP contribution in [0.5, 0.6) is 0 Å². The van der Waals surface area contributed by atoms with E-state index >= 15 is 0 Å². The monoisotopic (exact) mass is 398 g/mol. The number of halogens is 1. The molecule has 1 amide bonds. The van der Waals surface area contributed by atoms with Gasteiger partial charge in [0.2, 0.25) is 5.91 Å². The van der Waals surface area contributed by atoms with Crippen LogP contribution >= 0.6 is 22.9 Å². The number of nitrogens with zero attached hydrogens (tertiary/aromatic N) is 1. The largest absolute Gasteiger partial charge is 0.338 e. The third-order valence-corrected chi connectivity index (χ3v) is 7.51. The fourth-order valence-corrected chi connectivity index (χ4v) is 5.71. The zero-order valence-corrected chi connectivity index (χ0v) is 16.4. The average Bonchev–Trinajstić information content (AvgIpc) is 3.01. The maximum atomic E-state index is 12.7. The molecule has 0 fully saturated rings. The number of aryl methyl sites for hydroxylation is 1. The molecule has 25 heavy (non-hydrogen) atoms. The molecular weight excluding hydrogens is 380 g/mol. The highest BCUT2D eigenvalue weighted by Crippen LogP contribution is 2.32. The summed E-state index contributed by atoms with van der Waals surface area (Å²) in [7, 11) is -3.66. The Bertz CT molecular complexity index is 922.